The first-order valence-electron chi connectivity index (χ1n) is 9.57. The summed E-state index contributed by atoms with van der Waals surface area (Å²) >= 11 is 0. The minimum atomic E-state index is -1.21. The van der Waals surface area contributed by atoms with Crippen LogP contribution in [-0.2, 0) is 16.9 Å². The van der Waals surface area contributed by atoms with Crippen molar-refractivity contribution in [3.8, 4) is 17.3 Å². The van der Waals surface area contributed by atoms with Crippen LogP contribution in [0.1, 0.15) is 18.4 Å². The number of furan rings is 1. The first kappa shape index (κ1) is 18.9. The van der Waals surface area contributed by atoms with E-state index in [4.69, 9.17) is 13.7 Å². The van der Waals surface area contributed by atoms with Gasteiger partial charge in [0.15, 0.2) is 5.76 Å². The van der Waals surface area contributed by atoms with Crippen LogP contribution in [0.15, 0.2) is 63.7 Å². The van der Waals surface area contributed by atoms with E-state index in [1.54, 1.807) is 26.2 Å². The Labute approximate surface area is 176 Å². The molecule has 0 radical (unpaired) electrons. The van der Waals surface area contributed by atoms with Crippen LogP contribution in [0, 0.1) is 0 Å². The first-order chi connectivity index (χ1) is 15.0. The lowest BCUT2D eigenvalue weighted by atomic mass is 9.90. The lowest BCUT2D eigenvalue weighted by molar-refractivity contribution is -0.131. The van der Waals surface area contributed by atoms with Crippen LogP contribution in [0.5, 0.6) is 5.75 Å². The maximum Gasteiger partial charge on any atom is 0.325 e. The topological polar surface area (TPSA) is 111 Å². The summed E-state index contributed by atoms with van der Waals surface area (Å²) in [6, 6.07) is 14.1. The van der Waals surface area contributed by atoms with E-state index in [1.807, 2.05) is 36.4 Å². The molecule has 0 saturated carbocycles. The fraction of sp³-hybridized carbons (Fsp3) is 0.182. The Morgan fingerprint density at radius 3 is 2.71 bits per heavy atom. The zero-order valence-corrected chi connectivity index (χ0v) is 16.8. The van der Waals surface area contributed by atoms with Crippen molar-refractivity contribution in [2.75, 3.05) is 7.11 Å². The van der Waals surface area contributed by atoms with Crippen molar-refractivity contribution in [1.29, 1.82) is 0 Å². The highest BCUT2D eigenvalue weighted by molar-refractivity contribution is 6.07. The number of benzene rings is 2. The highest BCUT2D eigenvalue weighted by atomic mass is 16.5. The van der Waals surface area contributed by atoms with Gasteiger partial charge in [-0.05, 0) is 53.6 Å². The molecular weight excluding hydrogens is 400 g/mol. The van der Waals surface area contributed by atoms with Crippen molar-refractivity contribution in [3.63, 3.8) is 0 Å². The second kappa shape index (κ2) is 6.98. The molecule has 2 aromatic heterocycles. The smallest absolute Gasteiger partial charge is 0.325 e. The van der Waals surface area contributed by atoms with Gasteiger partial charge < -0.3 is 19.0 Å². The minimum absolute atomic E-state index is 0.129. The average molecular weight is 418 g/mol. The van der Waals surface area contributed by atoms with Gasteiger partial charge in [-0.3, -0.25) is 9.69 Å². The van der Waals surface area contributed by atoms with Gasteiger partial charge in [-0.1, -0.05) is 23.4 Å². The number of fused-ring (bicyclic) bond motifs is 1. The van der Waals surface area contributed by atoms with E-state index in [2.05, 4.69) is 15.5 Å². The third-order valence-electron chi connectivity index (χ3n) is 5.40. The SMILES string of the molecule is COc1ccc2cc([C@@]3(C)NC(=O)N(Cc4nc(-c5ccco5)no4)C3=O)ccc2c1. The number of carbonyl (C=O) groups excluding carboxylic acids is 2. The molecule has 2 aromatic carbocycles. The van der Waals surface area contributed by atoms with Crippen molar-refractivity contribution < 1.29 is 23.3 Å². The molecule has 3 heterocycles. The maximum atomic E-state index is 13.2. The number of urea groups is 1. The summed E-state index contributed by atoms with van der Waals surface area (Å²) in [4.78, 5) is 31.1. The number of amides is 3. The fourth-order valence-electron chi connectivity index (χ4n) is 3.66. The summed E-state index contributed by atoms with van der Waals surface area (Å²) < 4.78 is 15.7. The van der Waals surface area contributed by atoms with Crippen molar-refractivity contribution in [2.45, 2.75) is 19.0 Å². The summed E-state index contributed by atoms with van der Waals surface area (Å²) in [5.74, 6) is 1.16. The summed E-state index contributed by atoms with van der Waals surface area (Å²) in [5, 5.41) is 8.53. The second-order valence-corrected chi connectivity index (χ2v) is 7.36. The monoisotopic (exact) mass is 418 g/mol. The van der Waals surface area contributed by atoms with Gasteiger partial charge in [0.1, 0.15) is 17.8 Å². The molecule has 5 rings (SSSR count). The number of hydrogen-bond donors (Lipinski definition) is 1. The average Bonchev–Trinajstić information content (AvgIpc) is 3.51. The molecule has 1 fully saturated rings. The van der Waals surface area contributed by atoms with Gasteiger partial charge in [-0.25, -0.2) is 4.79 Å². The van der Waals surface area contributed by atoms with Crippen LogP contribution < -0.4 is 10.1 Å². The van der Waals surface area contributed by atoms with E-state index in [-0.39, 0.29) is 18.3 Å². The molecule has 0 bridgehead atoms. The summed E-state index contributed by atoms with van der Waals surface area (Å²) in [6.07, 6.45) is 1.49. The largest absolute Gasteiger partial charge is 0.497 e. The highest BCUT2D eigenvalue weighted by Crippen LogP contribution is 2.32. The van der Waals surface area contributed by atoms with E-state index in [0.29, 0.717) is 11.3 Å². The Hall–Kier alpha value is -4.14. The molecule has 9 heteroatoms. The van der Waals surface area contributed by atoms with Gasteiger partial charge in [0.05, 0.1) is 13.4 Å². The lowest BCUT2D eigenvalue weighted by Crippen LogP contribution is -2.40. The number of methoxy groups -OCH3 is 1. The molecule has 0 aliphatic carbocycles. The van der Waals surface area contributed by atoms with E-state index in [0.717, 1.165) is 21.4 Å². The highest BCUT2D eigenvalue weighted by Gasteiger charge is 2.49. The molecule has 156 valence electrons. The second-order valence-electron chi connectivity index (χ2n) is 7.36. The summed E-state index contributed by atoms with van der Waals surface area (Å²) in [5.41, 5.74) is -0.539. The number of carbonyl (C=O) groups is 2. The van der Waals surface area contributed by atoms with Gasteiger partial charge in [0, 0.05) is 0 Å². The lowest BCUT2D eigenvalue weighted by Gasteiger charge is -2.22. The van der Waals surface area contributed by atoms with E-state index < -0.39 is 17.5 Å². The first-order valence-corrected chi connectivity index (χ1v) is 9.57. The van der Waals surface area contributed by atoms with Gasteiger partial charge in [0.25, 0.3) is 5.91 Å². The van der Waals surface area contributed by atoms with Crippen molar-refractivity contribution in [2.24, 2.45) is 0 Å². The van der Waals surface area contributed by atoms with Crippen LogP contribution in [0.2, 0.25) is 0 Å². The number of hydrogen-bond acceptors (Lipinski definition) is 7. The third-order valence-corrected chi connectivity index (χ3v) is 5.40. The third kappa shape index (κ3) is 3.10. The van der Waals surface area contributed by atoms with Gasteiger partial charge in [-0.15, -0.1) is 0 Å². The quantitative estimate of drug-likeness (QED) is 0.494. The predicted molar refractivity (Wildman–Crippen MR) is 109 cm³/mol. The molecule has 1 aliphatic heterocycles. The Morgan fingerprint density at radius 1 is 1.13 bits per heavy atom. The zero-order valence-electron chi connectivity index (χ0n) is 16.8. The van der Waals surface area contributed by atoms with E-state index >= 15 is 0 Å². The zero-order chi connectivity index (χ0) is 21.6. The molecule has 9 nitrogen and oxygen atoms in total. The molecule has 4 aromatic rings. The molecule has 0 spiro atoms. The minimum Gasteiger partial charge on any atom is -0.497 e. The molecule has 3 amide bonds. The van der Waals surface area contributed by atoms with Gasteiger partial charge in [0.2, 0.25) is 11.7 Å². The van der Waals surface area contributed by atoms with E-state index in [9.17, 15) is 9.59 Å². The van der Waals surface area contributed by atoms with Crippen LogP contribution in [0.3, 0.4) is 0 Å². The fourth-order valence-corrected chi connectivity index (χ4v) is 3.66. The number of nitrogens with zero attached hydrogens (tertiary/aromatic N) is 3. The van der Waals surface area contributed by atoms with Crippen LogP contribution in [0.25, 0.3) is 22.4 Å². The molecule has 1 N–H and O–H groups in total. The molecular formula is C22H18N4O5. The Kier molecular flexibility index (Phi) is 4.25. The maximum absolute atomic E-state index is 13.2. The Bertz CT molecular complexity index is 1300. The number of rotatable bonds is 5. The number of imide groups is 1. The van der Waals surface area contributed by atoms with Crippen molar-refractivity contribution in [1.82, 2.24) is 20.4 Å². The molecule has 1 aliphatic rings. The number of nitrogens with one attached hydrogen (secondary N) is 1. The molecule has 0 unspecified atom stereocenters. The summed E-state index contributed by atoms with van der Waals surface area (Å²) in [7, 11) is 1.61. The van der Waals surface area contributed by atoms with E-state index in [1.165, 1.54) is 6.26 Å². The Morgan fingerprint density at radius 2 is 1.94 bits per heavy atom. The predicted octanol–water partition coefficient (Wildman–Crippen LogP) is 3.46. The standard InChI is InChI=1S/C22H18N4O5/c1-22(15-7-5-14-11-16(29-2)8-6-13(14)10-15)20(27)26(21(28)24-22)12-18-23-19(25-31-18)17-4-3-9-30-17/h3-11H,12H2,1-2H3,(H,24,28)/t22-/m1/s1. The molecule has 1 atom stereocenters. The van der Waals surface area contributed by atoms with Crippen LogP contribution in [0.4, 0.5) is 4.79 Å². The van der Waals surface area contributed by atoms with Crippen LogP contribution in [-0.4, -0.2) is 34.1 Å². The molecule has 31 heavy (non-hydrogen) atoms. The van der Waals surface area contributed by atoms with Gasteiger partial charge in [-0.2, -0.15) is 4.98 Å². The Balaban J connectivity index is 1.42. The summed E-state index contributed by atoms with van der Waals surface area (Å²) in [6.45, 7) is 1.54. The van der Waals surface area contributed by atoms with Crippen LogP contribution >= 0.6 is 0 Å². The number of ether oxygens (including phenoxy) is 1. The van der Waals surface area contributed by atoms with Crippen molar-refractivity contribution in [3.05, 3.63) is 66.2 Å². The number of aromatic nitrogens is 2. The normalized spacial score (nSPS) is 18.6. The molecule has 1 saturated heterocycles. The van der Waals surface area contributed by atoms with Gasteiger partial charge >= 0.3 is 6.03 Å². The van der Waals surface area contributed by atoms with Crippen molar-refractivity contribution >= 4 is 22.7 Å².